The van der Waals surface area contributed by atoms with Crippen LogP contribution in [0.4, 0.5) is 26.3 Å². The first-order chi connectivity index (χ1) is 8.95. The van der Waals surface area contributed by atoms with E-state index in [2.05, 4.69) is 4.74 Å². The largest absolute Gasteiger partial charge is 0.465 e. The molecule has 1 atom stereocenters. The molecule has 112 valence electrons. The third-order valence-electron chi connectivity index (χ3n) is 2.51. The highest BCUT2D eigenvalue weighted by Gasteiger charge is 2.72. The number of hydrogen-bond donors (Lipinski definition) is 1. The number of methoxy groups -OCH3 is 1. The minimum Gasteiger partial charge on any atom is -0.465 e. The van der Waals surface area contributed by atoms with E-state index in [-0.39, 0.29) is 5.56 Å². The number of alkyl halides is 6. The van der Waals surface area contributed by atoms with Gasteiger partial charge in [-0.3, -0.25) is 0 Å². The topological polar surface area (TPSA) is 46.5 Å². The minimum absolute atomic E-state index is 0.262. The maximum Gasteiger partial charge on any atom is 0.435 e. The molecule has 1 unspecified atom stereocenters. The van der Waals surface area contributed by atoms with E-state index in [9.17, 15) is 31.1 Å². The first-order valence-electron chi connectivity index (χ1n) is 5.00. The van der Waals surface area contributed by atoms with Crippen LogP contribution in [-0.2, 0) is 10.4 Å². The molecule has 0 saturated heterocycles. The van der Waals surface area contributed by atoms with Gasteiger partial charge in [-0.25, -0.2) is 9.18 Å². The van der Waals surface area contributed by atoms with Crippen LogP contribution >= 0.6 is 0 Å². The van der Waals surface area contributed by atoms with Gasteiger partial charge in [0.2, 0.25) is 0 Å². The first-order valence-corrected chi connectivity index (χ1v) is 5.00. The van der Waals surface area contributed by atoms with Crippen molar-refractivity contribution >= 4 is 5.97 Å². The van der Waals surface area contributed by atoms with Gasteiger partial charge in [-0.15, -0.1) is 0 Å². The number of hydrogen-bond acceptors (Lipinski definition) is 3. The van der Waals surface area contributed by atoms with Crippen molar-refractivity contribution in [2.24, 2.45) is 0 Å². The molecule has 0 bridgehead atoms. The molecule has 3 nitrogen and oxygen atoms in total. The predicted molar refractivity (Wildman–Crippen MR) is 53.8 cm³/mol. The second-order valence-electron chi connectivity index (χ2n) is 3.77. The maximum atomic E-state index is 13.7. The molecule has 9 heteroatoms. The van der Waals surface area contributed by atoms with Crippen LogP contribution in [0, 0.1) is 0 Å². The molecule has 0 spiro atoms. The Labute approximate surface area is 108 Å². The second kappa shape index (κ2) is 4.97. The van der Waals surface area contributed by atoms with E-state index >= 15 is 0 Å². The number of carbonyl (C=O) groups excluding carboxylic acids is 1. The average Bonchev–Trinajstić information content (AvgIpc) is 2.34. The Kier molecular flexibility index (Phi) is 4.04. The van der Waals surface area contributed by atoms with E-state index in [4.69, 9.17) is 5.11 Å². The Morgan fingerprint density at radius 3 is 1.80 bits per heavy atom. The molecule has 0 saturated carbocycles. The zero-order valence-corrected chi connectivity index (χ0v) is 9.84. The van der Waals surface area contributed by atoms with Crippen molar-refractivity contribution in [3.05, 3.63) is 35.4 Å². The van der Waals surface area contributed by atoms with Gasteiger partial charge in [-0.2, -0.15) is 22.0 Å². The molecule has 1 rings (SSSR count). The Morgan fingerprint density at radius 1 is 1.05 bits per heavy atom. The highest BCUT2D eigenvalue weighted by atomic mass is 19.4. The molecule has 0 aliphatic carbocycles. The normalized spacial score (nSPS) is 15.6. The first kappa shape index (κ1) is 16.3. The summed E-state index contributed by atoms with van der Waals surface area (Å²) in [5, 5.41) is 8.23. The number of aliphatic hydroxyl groups is 1. The Bertz CT molecular complexity index is 474. The van der Waals surface area contributed by atoms with Gasteiger partial charge in [0, 0.05) is 5.56 Å². The van der Waals surface area contributed by atoms with Crippen molar-refractivity contribution in [3.63, 3.8) is 0 Å². The van der Waals surface area contributed by atoms with Crippen molar-refractivity contribution in [1.82, 2.24) is 0 Å². The van der Waals surface area contributed by atoms with Crippen LogP contribution in [0.2, 0.25) is 0 Å². The minimum atomic E-state index is -6.06. The van der Waals surface area contributed by atoms with Gasteiger partial charge in [-0.05, 0) is 12.1 Å². The van der Waals surface area contributed by atoms with Crippen molar-refractivity contribution in [3.8, 4) is 0 Å². The molecule has 20 heavy (non-hydrogen) atoms. The van der Waals surface area contributed by atoms with Crippen molar-refractivity contribution in [2.45, 2.75) is 18.0 Å². The number of benzene rings is 1. The lowest BCUT2D eigenvalue weighted by Gasteiger charge is -2.31. The van der Waals surface area contributed by atoms with Gasteiger partial charge >= 0.3 is 23.9 Å². The van der Waals surface area contributed by atoms with E-state index < -0.39 is 29.5 Å². The van der Waals surface area contributed by atoms with Crippen LogP contribution in [0.15, 0.2) is 24.3 Å². The molecule has 0 aliphatic rings. The average molecular weight is 302 g/mol. The Morgan fingerprint density at radius 2 is 1.50 bits per heavy atom. The third kappa shape index (κ3) is 2.58. The molecule has 1 aromatic rings. The lowest BCUT2D eigenvalue weighted by molar-refractivity contribution is -0.375. The monoisotopic (exact) mass is 302 g/mol. The van der Waals surface area contributed by atoms with E-state index in [1.54, 1.807) is 0 Å². The molecule has 0 radical (unpaired) electrons. The van der Waals surface area contributed by atoms with Gasteiger partial charge in [0.1, 0.15) is 0 Å². The summed E-state index contributed by atoms with van der Waals surface area (Å²) in [5.41, 5.74) is -7.08. The second-order valence-corrected chi connectivity index (χ2v) is 3.77. The van der Waals surface area contributed by atoms with E-state index in [0.29, 0.717) is 24.3 Å². The summed E-state index contributed by atoms with van der Waals surface area (Å²) in [5.74, 6) is -0.941. The Balaban J connectivity index is 3.35. The summed E-state index contributed by atoms with van der Waals surface area (Å²) in [7, 11) is 0.993. The summed E-state index contributed by atoms with van der Waals surface area (Å²) in [6.07, 6.45) is -11.7. The smallest absolute Gasteiger partial charge is 0.435 e. The molecule has 0 heterocycles. The van der Waals surface area contributed by atoms with Gasteiger partial charge in [0.05, 0.1) is 12.7 Å². The van der Waals surface area contributed by atoms with E-state index in [0.717, 1.165) is 7.11 Å². The summed E-state index contributed by atoms with van der Waals surface area (Å²) in [6.45, 7) is 0. The third-order valence-corrected chi connectivity index (χ3v) is 2.51. The van der Waals surface area contributed by atoms with E-state index in [1.807, 2.05) is 0 Å². The van der Waals surface area contributed by atoms with Crippen LogP contribution in [0.1, 0.15) is 15.9 Å². The van der Waals surface area contributed by atoms with Crippen LogP contribution in [-0.4, -0.2) is 30.5 Å². The van der Waals surface area contributed by atoms with Gasteiger partial charge in [0.25, 0.3) is 0 Å². The van der Waals surface area contributed by atoms with Gasteiger partial charge in [0.15, 0.2) is 0 Å². The molecule has 1 aromatic carbocycles. The number of carbonyl (C=O) groups is 1. The SMILES string of the molecule is COC(=O)c1ccc(C(F)(C(O)(F)F)C(F)(F)F)cc1. The van der Waals surface area contributed by atoms with Gasteiger partial charge < -0.3 is 9.84 Å². The molecule has 1 N–H and O–H groups in total. The van der Waals surface area contributed by atoms with Crippen LogP contribution in [0.25, 0.3) is 0 Å². The molecule has 0 amide bonds. The summed E-state index contributed by atoms with van der Waals surface area (Å²) in [4.78, 5) is 11.0. The fourth-order valence-electron chi connectivity index (χ4n) is 1.46. The van der Waals surface area contributed by atoms with Crippen LogP contribution < -0.4 is 0 Å². The summed E-state index contributed by atoms with van der Waals surface area (Å²) in [6, 6.07) is 1.99. The quantitative estimate of drug-likeness (QED) is 0.690. The molecule has 0 aromatic heterocycles. The lowest BCUT2D eigenvalue weighted by Crippen LogP contribution is -2.52. The lowest BCUT2D eigenvalue weighted by atomic mass is 9.93. The standard InChI is InChI=1S/C11H8F6O3/c1-20-8(18)6-2-4-7(5-3-6)9(12,10(13,14)15)11(16,17)19/h2-5,19H,1H3. The Hall–Kier alpha value is -1.77. The number of halogens is 6. The zero-order chi connectivity index (χ0) is 15.8. The summed E-state index contributed by atoms with van der Waals surface area (Å²) < 4.78 is 80.8. The molecular weight excluding hydrogens is 294 g/mol. The van der Waals surface area contributed by atoms with Crippen molar-refractivity contribution in [2.75, 3.05) is 7.11 Å². The van der Waals surface area contributed by atoms with Crippen LogP contribution in [0.3, 0.4) is 0 Å². The fourth-order valence-corrected chi connectivity index (χ4v) is 1.46. The van der Waals surface area contributed by atoms with E-state index in [1.165, 1.54) is 0 Å². The van der Waals surface area contributed by atoms with Crippen molar-refractivity contribution < 1.29 is 41.0 Å². The molecular formula is C11H8F6O3. The van der Waals surface area contributed by atoms with Gasteiger partial charge in [-0.1, -0.05) is 12.1 Å². The predicted octanol–water partition coefficient (Wildman–Crippen LogP) is 2.79. The van der Waals surface area contributed by atoms with Crippen LogP contribution in [0.5, 0.6) is 0 Å². The number of esters is 1. The number of ether oxygens (including phenoxy) is 1. The number of rotatable bonds is 3. The summed E-state index contributed by atoms with van der Waals surface area (Å²) >= 11 is 0. The molecule has 0 fully saturated rings. The van der Waals surface area contributed by atoms with Crippen molar-refractivity contribution in [1.29, 1.82) is 0 Å². The maximum absolute atomic E-state index is 13.7. The zero-order valence-electron chi connectivity index (χ0n) is 9.84. The fraction of sp³-hybridized carbons (Fsp3) is 0.364. The molecule has 0 aliphatic heterocycles. The highest BCUT2D eigenvalue weighted by molar-refractivity contribution is 5.89. The highest BCUT2D eigenvalue weighted by Crippen LogP contribution is 2.51.